The lowest BCUT2D eigenvalue weighted by Gasteiger charge is -2.25. The molecule has 1 aliphatic rings. The average molecular weight is 708 g/mol. The van der Waals surface area contributed by atoms with Crippen molar-refractivity contribution >= 4 is 40.3 Å². The number of fused-ring (bicyclic) bond motifs is 2. The van der Waals surface area contributed by atoms with Crippen LogP contribution in [0.1, 0.15) is 73.4 Å². The maximum Gasteiger partial charge on any atom is 0.338 e. The standard InChI is InChI=1S/C40H41N3O7S/c1-8-48-38(45)27-16-14-26(15-17-27)22-42-25(6)30(29-12-10-11-13-31(29)42)21-34-37(44)43-36(28-18-19-32(50-23(3)4)33(20-28)47-7)35(39(46)49-9-2)24(5)41-40(43)51-34/h10-21,23,36H,8-9,22H2,1-7H3/b34-21+/t36-/m1/s1. The van der Waals surface area contributed by atoms with E-state index in [9.17, 15) is 14.4 Å². The minimum absolute atomic E-state index is 0.0778. The number of nitrogens with zero attached hydrogens (tertiary/aromatic N) is 3. The summed E-state index contributed by atoms with van der Waals surface area (Å²) < 4.78 is 26.5. The fourth-order valence-corrected chi connectivity index (χ4v) is 7.46. The van der Waals surface area contributed by atoms with Gasteiger partial charge in [0, 0.05) is 28.7 Å². The van der Waals surface area contributed by atoms with Crippen molar-refractivity contribution in [3.05, 3.63) is 126 Å². The number of benzene rings is 3. The Balaban J connectivity index is 1.48. The van der Waals surface area contributed by atoms with E-state index in [2.05, 4.69) is 10.6 Å². The average Bonchev–Trinajstić information content (AvgIpc) is 3.56. The molecule has 0 spiro atoms. The fraction of sp³-hybridized carbons (Fsp3) is 0.300. The normalized spacial score (nSPS) is 14.4. The van der Waals surface area contributed by atoms with Crippen molar-refractivity contribution in [2.45, 2.75) is 60.2 Å². The zero-order valence-corrected chi connectivity index (χ0v) is 30.6. The molecule has 51 heavy (non-hydrogen) atoms. The molecule has 0 saturated carbocycles. The molecular weight excluding hydrogens is 667 g/mol. The van der Waals surface area contributed by atoms with Gasteiger partial charge in [0.1, 0.15) is 0 Å². The second-order valence-electron chi connectivity index (χ2n) is 12.4. The molecular formula is C40H41N3O7S. The SMILES string of the molecule is CCOC(=O)C1=C(C)N=c2s/c(=C/c3c(C)n(Cc4ccc(C(=O)OCC)cc4)c4ccccc34)c(=O)n2[C@@H]1c1ccc(OC(C)C)c(OC)c1. The van der Waals surface area contributed by atoms with Gasteiger partial charge in [0.05, 0.1) is 53.8 Å². The van der Waals surface area contributed by atoms with Crippen LogP contribution >= 0.6 is 11.3 Å². The first-order valence-corrected chi connectivity index (χ1v) is 17.8. The number of hydrogen-bond acceptors (Lipinski definition) is 9. The third kappa shape index (κ3) is 6.86. The van der Waals surface area contributed by atoms with E-state index in [1.54, 1.807) is 56.7 Å². The number of hydrogen-bond donors (Lipinski definition) is 0. The van der Waals surface area contributed by atoms with E-state index >= 15 is 0 Å². The summed E-state index contributed by atoms with van der Waals surface area (Å²) in [5.74, 6) is 0.163. The molecule has 1 atom stereocenters. The number of carbonyl (C=O) groups is 2. The van der Waals surface area contributed by atoms with E-state index in [-0.39, 0.29) is 29.8 Å². The molecule has 264 valence electrons. The summed E-state index contributed by atoms with van der Waals surface area (Å²) in [5, 5.41) is 0.995. The molecule has 5 aromatic rings. The van der Waals surface area contributed by atoms with Crippen LogP contribution in [0, 0.1) is 6.92 Å². The van der Waals surface area contributed by atoms with Crippen LogP contribution in [-0.2, 0) is 20.8 Å². The largest absolute Gasteiger partial charge is 0.493 e. The number of para-hydroxylation sites is 1. The molecule has 10 nitrogen and oxygen atoms in total. The lowest BCUT2D eigenvalue weighted by atomic mass is 9.95. The van der Waals surface area contributed by atoms with Crippen LogP contribution in [0.5, 0.6) is 11.5 Å². The number of thiazole rings is 1. The molecule has 0 N–H and O–H groups in total. The lowest BCUT2D eigenvalue weighted by Crippen LogP contribution is -2.40. The van der Waals surface area contributed by atoms with Gasteiger partial charge in [-0.15, -0.1) is 0 Å². The van der Waals surface area contributed by atoms with Gasteiger partial charge in [-0.3, -0.25) is 9.36 Å². The highest BCUT2D eigenvalue weighted by molar-refractivity contribution is 7.07. The van der Waals surface area contributed by atoms with Crippen LogP contribution in [0.4, 0.5) is 0 Å². The number of ether oxygens (including phenoxy) is 4. The summed E-state index contributed by atoms with van der Waals surface area (Å²) in [6, 6.07) is 20.1. The van der Waals surface area contributed by atoms with Crippen LogP contribution in [-0.4, -0.2) is 47.5 Å². The van der Waals surface area contributed by atoms with Gasteiger partial charge in [-0.1, -0.05) is 47.7 Å². The van der Waals surface area contributed by atoms with E-state index in [4.69, 9.17) is 23.9 Å². The van der Waals surface area contributed by atoms with Crippen LogP contribution in [0.25, 0.3) is 17.0 Å². The molecule has 2 aromatic heterocycles. The number of aromatic nitrogens is 2. The second kappa shape index (κ2) is 14.8. The molecule has 6 rings (SSSR count). The summed E-state index contributed by atoms with van der Waals surface area (Å²) in [5.41, 5.74) is 5.57. The van der Waals surface area contributed by atoms with Gasteiger partial charge in [0.15, 0.2) is 16.3 Å². The van der Waals surface area contributed by atoms with Crippen molar-refractivity contribution < 1.29 is 28.5 Å². The van der Waals surface area contributed by atoms with Crippen LogP contribution < -0.4 is 24.4 Å². The lowest BCUT2D eigenvalue weighted by molar-refractivity contribution is -0.139. The Hall–Kier alpha value is -5.42. The number of methoxy groups -OCH3 is 1. The third-order valence-electron chi connectivity index (χ3n) is 8.74. The Kier molecular flexibility index (Phi) is 10.3. The Morgan fingerprint density at radius 1 is 0.941 bits per heavy atom. The molecule has 0 fully saturated rings. The number of esters is 2. The Bertz CT molecular complexity index is 2350. The van der Waals surface area contributed by atoms with Crippen molar-refractivity contribution in [2.75, 3.05) is 20.3 Å². The first-order valence-electron chi connectivity index (χ1n) is 16.9. The molecule has 3 heterocycles. The van der Waals surface area contributed by atoms with Crippen molar-refractivity contribution in [1.82, 2.24) is 9.13 Å². The molecule has 0 bridgehead atoms. The van der Waals surface area contributed by atoms with Crippen LogP contribution in [0.2, 0.25) is 0 Å². The van der Waals surface area contributed by atoms with Crippen molar-refractivity contribution in [2.24, 2.45) is 4.99 Å². The number of carbonyl (C=O) groups excluding carboxylic acids is 2. The molecule has 0 radical (unpaired) electrons. The minimum Gasteiger partial charge on any atom is -0.493 e. The zero-order chi connectivity index (χ0) is 36.4. The summed E-state index contributed by atoms with van der Waals surface area (Å²) in [4.78, 5) is 45.4. The first-order chi connectivity index (χ1) is 24.6. The van der Waals surface area contributed by atoms with Crippen molar-refractivity contribution in [1.29, 1.82) is 0 Å². The molecule has 0 unspecified atom stereocenters. The zero-order valence-electron chi connectivity index (χ0n) is 29.8. The third-order valence-corrected chi connectivity index (χ3v) is 9.73. The van der Waals surface area contributed by atoms with Gasteiger partial charge >= 0.3 is 11.9 Å². The van der Waals surface area contributed by atoms with E-state index in [0.717, 1.165) is 27.7 Å². The maximum atomic E-state index is 14.5. The minimum atomic E-state index is -0.801. The predicted octanol–water partition coefficient (Wildman–Crippen LogP) is 6.08. The highest BCUT2D eigenvalue weighted by Gasteiger charge is 2.34. The molecule has 0 saturated heterocycles. The quantitative estimate of drug-likeness (QED) is 0.153. The molecule has 1 aliphatic heterocycles. The van der Waals surface area contributed by atoms with E-state index < -0.39 is 12.0 Å². The maximum absolute atomic E-state index is 14.5. The van der Waals surface area contributed by atoms with Gasteiger partial charge in [-0.05, 0) is 89.1 Å². The highest BCUT2D eigenvalue weighted by Crippen LogP contribution is 2.37. The fourth-order valence-electron chi connectivity index (χ4n) is 6.43. The highest BCUT2D eigenvalue weighted by atomic mass is 32.1. The Morgan fingerprint density at radius 3 is 2.33 bits per heavy atom. The molecule has 11 heteroatoms. The predicted molar refractivity (Wildman–Crippen MR) is 197 cm³/mol. The van der Waals surface area contributed by atoms with E-state index in [0.29, 0.717) is 50.8 Å². The summed E-state index contributed by atoms with van der Waals surface area (Å²) in [7, 11) is 1.56. The number of allylic oxidation sites excluding steroid dienone is 1. The van der Waals surface area contributed by atoms with Gasteiger partial charge in [-0.25, -0.2) is 14.6 Å². The summed E-state index contributed by atoms with van der Waals surface area (Å²) in [6.45, 7) is 12.2. The van der Waals surface area contributed by atoms with Crippen LogP contribution in [0.3, 0.4) is 0 Å². The topological polar surface area (TPSA) is 110 Å². The smallest absolute Gasteiger partial charge is 0.338 e. The summed E-state index contributed by atoms with van der Waals surface area (Å²) >= 11 is 1.28. The van der Waals surface area contributed by atoms with Crippen molar-refractivity contribution in [3.8, 4) is 11.5 Å². The first kappa shape index (κ1) is 35.4. The van der Waals surface area contributed by atoms with E-state index in [1.165, 1.54) is 11.3 Å². The monoisotopic (exact) mass is 707 g/mol. The van der Waals surface area contributed by atoms with Gasteiger partial charge in [0.25, 0.3) is 5.56 Å². The Morgan fingerprint density at radius 2 is 1.65 bits per heavy atom. The molecule has 0 aliphatic carbocycles. The van der Waals surface area contributed by atoms with Gasteiger partial charge in [-0.2, -0.15) is 0 Å². The van der Waals surface area contributed by atoms with E-state index in [1.807, 2.05) is 63.2 Å². The van der Waals surface area contributed by atoms with Crippen molar-refractivity contribution in [3.63, 3.8) is 0 Å². The number of rotatable bonds is 11. The molecule has 3 aromatic carbocycles. The summed E-state index contributed by atoms with van der Waals surface area (Å²) in [6.07, 6.45) is 1.84. The van der Waals surface area contributed by atoms with Gasteiger partial charge < -0.3 is 23.5 Å². The van der Waals surface area contributed by atoms with Crippen LogP contribution in [0.15, 0.2) is 87.8 Å². The second-order valence-corrected chi connectivity index (χ2v) is 13.4. The van der Waals surface area contributed by atoms with Gasteiger partial charge in [0.2, 0.25) is 0 Å². The molecule has 0 amide bonds. The Labute approximate surface area is 299 Å².